The zero-order valence-corrected chi connectivity index (χ0v) is 10.6. The van der Waals surface area contributed by atoms with Crippen LogP contribution < -0.4 is 4.74 Å². The molecule has 1 aromatic rings. The van der Waals surface area contributed by atoms with Gasteiger partial charge in [-0.15, -0.1) is 0 Å². The topological polar surface area (TPSA) is 56.8 Å². The molecule has 0 saturated carbocycles. The first-order chi connectivity index (χ1) is 8.17. The lowest BCUT2D eigenvalue weighted by Gasteiger charge is -2.10. The Balaban J connectivity index is 2.52. The highest BCUT2D eigenvalue weighted by Gasteiger charge is 2.09. The highest BCUT2D eigenvalue weighted by Crippen LogP contribution is 2.22. The minimum Gasteiger partial charge on any atom is -0.492 e. The van der Waals surface area contributed by atoms with Gasteiger partial charge in [0, 0.05) is 6.42 Å². The lowest BCUT2D eigenvalue weighted by atomic mass is 10.1. The van der Waals surface area contributed by atoms with Crippen LogP contribution >= 0.6 is 15.9 Å². The molecule has 17 heavy (non-hydrogen) atoms. The van der Waals surface area contributed by atoms with Gasteiger partial charge in [-0.2, -0.15) is 10.5 Å². The lowest BCUT2D eigenvalue weighted by Crippen LogP contribution is -2.10. The number of hydrogen-bond donors (Lipinski definition) is 0. The highest BCUT2D eigenvalue weighted by molar-refractivity contribution is 9.10. The van der Waals surface area contributed by atoms with Crippen LogP contribution in [0.4, 0.5) is 4.39 Å². The van der Waals surface area contributed by atoms with Gasteiger partial charge < -0.3 is 4.74 Å². The van der Waals surface area contributed by atoms with Crippen molar-refractivity contribution >= 4 is 15.9 Å². The number of hydrogen-bond acceptors (Lipinski definition) is 3. The third-order valence-electron chi connectivity index (χ3n) is 2.13. The third kappa shape index (κ3) is 4.42. The maximum absolute atomic E-state index is 12.9. The fraction of sp³-hybridized carbons (Fsp3) is 0.333. The van der Waals surface area contributed by atoms with E-state index in [-0.39, 0.29) is 18.3 Å². The Bertz CT molecular complexity index is 465. The molecule has 1 rings (SSSR count). The van der Waals surface area contributed by atoms with Crippen LogP contribution in [0.1, 0.15) is 12.8 Å². The maximum Gasteiger partial charge on any atom is 0.137 e. The third-order valence-corrected chi connectivity index (χ3v) is 2.74. The number of nitriles is 2. The summed E-state index contributed by atoms with van der Waals surface area (Å²) in [4.78, 5) is 0. The first kappa shape index (κ1) is 13.5. The summed E-state index contributed by atoms with van der Waals surface area (Å²) in [6.45, 7) is 0.205. The van der Waals surface area contributed by atoms with E-state index in [0.717, 1.165) is 0 Å². The van der Waals surface area contributed by atoms with Gasteiger partial charge >= 0.3 is 0 Å². The summed E-state index contributed by atoms with van der Waals surface area (Å²) in [7, 11) is 0. The van der Waals surface area contributed by atoms with E-state index in [2.05, 4.69) is 22.0 Å². The number of nitrogens with zero attached hydrogens (tertiary/aromatic N) is 2. The molecule has 3 nitrogen and oxygen atoms in total. The van der Waals surface area contributed by atoms with Crippen LogP contribution in [0.5, 0.6) is 5.75 Å². The van der Waals surface area contributed by atoms with E-state index in [1.165, 1.54) is 18.2 Å². The van der Waals surface area contributed by atoms with E-state index in [4.69, 9.17) is 15.3 Å². The molecular weight excluding hydrogens is 287 g/mol. The van der Waals surface area contributed by atoms with Crippen molar-refractivity contribution in [3.05, 3.63) is 28.5 Å². The smallest absolute Gasteiger partial charge is 0.137 e. The first-order valence-electron chi connectivity index (χ1n) is 5.01. The Morgan fingerprint density at radius 1 is 1.41 bits per heavy atom. The van der Waals surface area contributed by atoms with Crippen molar-refractivity contribution in [2.24, 2.45) is 5.92 Å². The number of ether oxygens (including phenoxy) is 1. The summed E-state index contributed by atoms with van der Waals surface area (Å²) in [6, 6.07) is 8.35. The predicted molar refractivity (Wildman–Crippen MR) is 63.5 cm³/mol. The van der Waals surface area contributed by atoms with Crippen molar-refractivity contribution in [1.29, 1.82) is 10.5 Å². The highest BCUT2D eigenvalue weighted by atomic mass is 79.9. The second-order valence-electron chi connectivity index (χ2n) is 3.41. The Labute approximate surface area is 108 Å². The first-order valence-corrected chi connectivity index (χ1v) is 5.81. The predicted octanol–water partition coefficient (Wildman–Crippen LogP) is 3.41. The maximum atomic E-state index is 12.9. The van der Waals surface area contributed by atoms with Gasteiger partial charge in [0.15, 0.2) is 0 Å². The molecule has 0 aliphatic heterocycles. The molecule has 0 N–H and O–H groups in total. The van der Waals surface area contributed by atoms with Crippen molar-refractivity contribution in [1.82, 2.24) is 0 Å². The van der Waals surface area contributed by atoms with Crippen LogP contribution in [0.25, 0.3) is 0 Å². The van der Waals surface area contributed by atoms with Crippen LogP contribution in [0.15, 0.2) is 22.7 Å². The van der Waals surface area contributed by atoms with Crippen molar-refractivity contribution in [3.8, 4) is 17.9 Å². The van der Waals surface area contributed by atoms with Gasteiger partial charge in [0.25, 0.3) is 0 Å². The number of rotatable bonds is 5. The second-order valence-corrected chi connectivity index (χ2v) is 4.26. The van der Waals surface area contributed by atoms with Crippen molar-refractivity contribution in [2.75, 3.05) is 6.61 Å². The molecule has 1 atom stereocenters. The molecule has 1 aromatic carbocycles. The molecule has 0 aliphatic carbocycles. The van der Waals surface area contributed by atoms with Gasteiger partial charge in [0.1, 0.15) is 18.2 Å². The van der Waals surface area contributed by atoms with E-state index in [1.807, 2.05) is 6.07 Å². The molecule has 0 saturated heterocycles. The quantitative estimate of drug-likeness (QED) is 0.836. The molecule has 5 heteroatoms. The van der Waals surface area contributed by atoms with E-state index < -0.39 is 0 Å². The molecule has 0 bridgehead atoms. The van der Waals surface area contributed by atoms with Crippen LogP contribution in [0, 0.1) is 34.4 Å². The summed E-state index contributed by atoms with van der Waals surface area (Å²) in [6.07, 6.45) is 0.810. The average molecular weight is 297 g/mol. The summed E-state index contributed by atoms with van der Waals surface area (Å²) in [5.41, 5.74) is 0. The monoisotopic (exact) mass is 296 g/mol. The van der Waals surface area contributed by atoms with Crippen LogP contribution in [-0.4, -0.2) is 6.61 Å². The molecule has 0 heterocycles. The van der Waals surface area contributed by atoms with Crippen molar-refractivity contribution in [2.45, 2.75) is 12.8 Å². The van der Waals surface area contributed by atoms with Crippen LogP contribution in [-0.2, 0) is 0 Å². The molecule has 0 amide bonds. The molecule has 0 aliphatic rings. The van der Waals surface area contributed by atoms with E-state index in [1.54, 1.807) is 0 Å². The second kappa shape index (κ2) is 6.88. The van der Waals surface area contributed by atoms with Crippen LogP contribution in [0.3, 0.4) is 0 Å². The number of benzene rings is 1. The molecule has 0 fully saturated rings. The SMILES string of the molecule is N#CCCC(C#N)COc1ccc(F)c(Br)c1. The van der Waals surface area contributed by atoms with E-state index in [9.17, 15) is 4.39 Å². The van der Waals surface area contributed by atoms with E-state index >= 15 is 0 Å². The Morgan fingerprint density at radius 3 is 2.76 bits per heavy atom. The largest absolute Gasteiger partial charge is 0.492 e. The fourth-order valence-electron chi connectivity index (χ4n) is 1.19. The fourth-order valence-corrected chi connectivity index (χ4v) is 1.55. The molecule has 0 spiro atoms. The minimum atomic E-state index is -0.362. The standard InChI is InChI=1S/C12H10BrFN2O/c13-11-6-10(3-4-12(11)14)17-8-9(7-16)2-1-5-15/h3-4,6,9H,1-2,8H2. The molecule has 88 valence electrons. The average Bonchev–Trinajstić information content (AvgIpc) is 2.34. The molecule has 0 radical (unpaired) electrons. The molecular formula is C12H10BrFN2O. The van der Waals surface area contributed by atoms with E-state index in [0.29, 0.717) is 23.1 Å². The van der Waals surface area contributed by atoms with Gasteiger partial charge in [-0.25, -0.2) is 4.39 Å². The Morgan fingerprint density at radius 2 is 2.18 bits per heavy atom. The van der Waals surface area contributed by atoms with Gasteiger partial charge in [-0.3, -0.25) is 0 Å². The normalized spacial score (nSPS) is 11.3. The van der Waals surface area contributed by atoms with Gasteiger partial charge in [0.05, 0.1) is 22.5 Å². The Kier molecular flexibility index (Phi) is 5.45. The lowest BCUT2D eigenvalue weighted by molar-refractivity contribution is 0.273. The molecule has 1 unspecified atom stereocenters. The number of halogens is 2. The summed E-state index contributed by atoms with van der Waals surface area (Å²) >= 11 is 3.05. The Hall–Kier alpha value is -1.59. The summed E-state index contributed by atoms with van der Waals surface area (Å²) in [5, 5.41) is 17.2. The minimum absolute atomic E-state index is 0.205. The summed E-state index contributed by atoms with van der Waals surface area (Å²) < 4.78 is 18.6. The van der Waals surface area contributed by atoms with Crippen LogP contribution in [0.2, 0.25) is 0 Å². The zero-order valence-electron chi connectivity index (χ0n) is 8.99. The van der Waals surface area contributed by atoms with Crippen molar-refractivity contribution < 1.29 is 9.13 Å². The molecule has 0 aromatic heterocycles. The van der Waals surface area contributed by atoms with Crippen molar-refractivity contribution in [3.63, 3.8) is 0 Å². The van der Waals surface area contributed by atoms with Gasteiger partial charge in [-0.1, -0.05) is 0 Å². The van der Waals surface area contributed by atoms with Gasteiger partial charge in [-0.05, 0) is 40.5 Å². The van der Waals surface area contributed by atoms with Gasteiger partial charge in [0.2, 0.25) is 0 Å². The zero-order chi connectivity index (χ0) is 12.7. The summed E-state index contributed by atoms with van der Waals surface area (Å²) in [5.74, 6) is -0.187.